The Hall–Kier alpha value is -1.62. The van der Waals surface area contributed by atoms with Gasteiger partial charge < -0.3 is 9.67 Å². The molecule has 2 aliphatic rings. The second-order valence-corrected chi connectivity index (χ2v) is 6.40. The largest absolute Gasteiger partial charge is 0.386 e. The van der Waals surface area contributed by atoms with Gasteiger partial charge in [-0.3, -0.25) is 4.68 Å². The molecule has 2 aromatic heterocycles. The van der Waals surface area contributed by atoms with Crippen LogP contribution in [0.4, 0.5) is 0 Å². The molecule has 0 aliphatic heterocycles. The fourth-order valence-electron chi connectivity index (χ4n) is 3.39. The molecule has 0 amide bonds. The third kappa shape index (κ3) is 2.62. The van der Waals surface area contributed by atoms with Crippen molar-refractivity contribution >= 4 is 0 Å². The Labute approximate surface area is 124 Å². The van der Waals surface area contributed by atoms with Crippen molar-refractivity contribution in [3.05, 3.63) is 36.2 Å². The lowest BCUT2D eigenvalue weighted by Gasteiger charge is -2.12. The number of hydrogen-bond acceptors (Lipinski definition) is 3. The molecule has 5 heteroatoms. The second-order valence-electron chi connectivity index (χ2n) is 6.40. The van der Waals surface area contributed by atoms with Crippen LogP contribution in [0, 0.1) is 0 Å². The summed E-state index contributed by atoms with van der Waals surface area (Å²) in [5.74, 6) is 0. The zero-order valence-corrected chi connectivity index (χ0v) is 12.2. The van der Waals surface area contributed by atoms with Crippen LogP contribution in [-0.2, 0) is 6.42 Å². The third-order valence-corrected chi connectivity index (χ3v) is 4.74. The van der Waals surface area contributed by atoms with Crippen molar-refractivity contribution in [3.8, 4) is 0 Å². The molecule has 1 N–H and O–H groups in total. The van der Waals surface area contributed by atoms with Gasteiger partial charge in [0.15, 0.2) is 0 Å². The van der Waals surface area contributed by atoms with E-state index in [0.29, 0.717) is 18.5 Å². The van der Waals surface area contributed by atoms with E-state index in [1.807, 2.05) is 12.4 Å². The van der Waals surface area contributed by atoms with E-state index in [4.69, 9.17) is 0 Å². The van der Waals surface area contributed by atoms with Gasteiger partial charge >= 0.3 is 0 Å². The molecule has 5 nitrogen and oxygen atoms in total. The van der Waals surface area contributed by atoms with E-state index in [9.17, 15) is 5.11 Å². The van der Waals surface area contributed by atoms with Crippen molar-refractivity contribution in [3.63, 3.8) is 0 Å². The number of rotatable bonds is 5. The summed E-state index contributed by atoms with van der Waals surface area (Å²) in [6.45, 7) is 0. The number of aliphatic hydroxyl groups excluding tert-OH is 1. The lowest BCUT2D eigenvalue weighted by molar-refractivity contribution is 0.167. The highest BCUT2D eigenvalue weighted by atomic mass is 16.3. The van der Waals surface area contributed by atoms with Crippen LogP contribution >= 0.6 is 0 Å². The van der Waals surface area contributed by atoms with Gasteiger partial charge in [0.25, 0.3) is 0 Å². The van der Waals surface area contributed by atoms with Gasteiger partial charge in [0.1, 0.15) is 6.10 Å². The molecular weight excluding hydrogens is 264 g/mol. The Morgan fingerprint density at radius 2 is 2.00 bits per heavy atom. The monoisotopic (exact) mass is 286 g/mol. The second kappa shape index (κ2) is 5.30. The number of aliphatic hydroxyl groups is 1. The Morgan fingerprint density at radius 3 is 2.76 bits per heavy atom. The van der Waals surface area contributed by atoms with Crippen LogP contribution in [0.3, 0.4) is 0 Å². The minimum absolute atomic E-state index is 0.514. The first-order valence-corrected chi connectivity index (χ1v) is 8.05. The molecule has 2 saturated carbocycles. The number of imidazole rings is 1. The van der Waals surface area contributed by atoms with E-state index < -0.39 is 6.10 Å². The Bertz CT molecular complexity index is 607. The van der Waals surface area contributed by atoms with Crippen molar-refractivity contribution in [2.24, 2.45) is 0 Å². The molecule has 0 aromatic carbocycles. The number of aromatic nitrogens is 4. The van der Waals surface area contributed by atoms with Crippen LogP contribution in [-0.4, -0.2) is 24.4 Å². The summed E-state index contributed by atoms with van der Waals surface area (Å²) in [5, 5.41) is 15.1. The molecule has 0 radical (unpaired) electrons. The highest BCUT2D eigenvalue weighted by Crippen LogP contribution is 2.37. The molecule has 2 heterocycles. The topological polar surface area (TPSA) is 55.9 Å². The first-order chi connectivity index (χ1) is 10.3. The van der Waals surface area contributed by atoms with Crippen LogP contribution in [0.5, 0.6) is 0 Å². The minimum Gasteiger partial charge on any atom is -0.386 e. The van der Waals surface area contributed by atoms with Crippen molar-refractivity contribution < 1.29 is 5.11 Å². The summed E-state index contributed by atoms with van der Waals surface area (Å²) in [6.07, 6.45) is 13.2. The fourth-order valence-corrected chi connectivity index (χ4v) is 3.39. The van der Waals surface area contributed by atoms with Crippen molar-refractivity contribution in [1.29, 1.82) is 0 Å². The van der Waals surface area contributed by atoms with Crippen molar-refractivity contribution in [2.45, 2.75) is 63.1 Å². The Kier molecular flexibility index (Phi) is 3.30. The van der Waals surface area contributed by atoms with Gasteiger partial charge in [0, 0.05) is 18.7 Å². The first kappa shape index (κ1) is 13.1. The maximum atomic E-state index is 10.5. The van der Waals surface area contributed by atoms with Gasteiger partial charge in [-0.2, -0.15) is 5.10 Å². The molecule has 2 aliphatic carbocycles. The predicted molar refractivity (Wildman–Crippen MR) is 78.9 cm³/mol. The zero-order valence-electron chi connectivity index (χ0n) is 12.2. The van der Waals surface area contributed by atoms with Gasteiger partial charge in [0.05, 0.1) is 30.0 Å². The van der Waals surface area contributed by atoms with Crippen molar-refractivity contribution in [2.75, 3.05) is 0 Å². The average molecular weight is 286 g/mol. The summed E-state index contributed by atoms with van der Waals surface area (Å²) < 4.78 is 4.21. The molecule has 0 saturated heterocycles. The van der Waals surface area contributed by atoms with Gasteiger partial charge in [-0.05, 0) is 31.7 Å². The molecule has 4 rings (SSSR count). The lowest BCUT2D eigenvalue weighted by Crippen LogP contribution is -2.10. The minimum atomic E-state index is -0.514. The van der Waals surface area contributed by atoms with Gasteiger partial charge in [-0.25, -0.2) is 4.98 Å². The quantitative estimate of drug-likeness (QED) is 0.919. The molecule has 21 heavy (non-hydrogen) atoms. The molecule has 112 valence electrons. The molecule has 2 aromatic rings. The van der Waals surface area contributed by atoms with E-state index in [1.54, 1.807) is 6.20 Å². The summed E-state index contributed by atoms with van der Waals surface area (Å²) in [6, 6.07) is 3.15. The van der Waals surface area contributed by atoms with E-state index in [-0.39, 0.29) is 0 Å². The maximum Gasteiger partial charge on any atom is 0.101 e. The van der Waals surface area contributed by atoms with Crippen LogP contribution in [0.15, 0.2) is 24.8 Å². The van der Waals surface area contributed by atoms with Crippen LogP contribution in [0.1, 0.15) is 68.1 Å². The first-order valence-electron chi connectivity index (χ1n) is 8.05. The summed E-state index contributed by atoms with van der Waals surface area (Å²) in [4.78, 5) is 4.19. The highest BCUT2D eigenvalue weighted by molar-refractivity contribution is 5.11. The van der Waals surface area contributed by atoms with E-state index >= 15 is 0 Å². The normalized spacial score (nSPS) is 21.0. The molecular formula is C16H22N4O. The van der Waals surface area contributed by atoms with Gasteiger partial charge in [-0.15, -0.1) is 0 Å². The average Bonchev–Trinajstić information content (AvgIpc) is 2.94. The fraction of sp³-hybridized carbons (Fsp3) is 0.625. The van der Waals surface area contributed by atoms with E-state index in [1.165, 1.54) is 38.5 Å². The zero-order chi connectivity index (χ0) is 14.2. The summed E-state index contributed by atoms with van der Waals surface area (Å²) >= 11 is 0. The molecule has 1 atom stereocenters. The lowest BCUT2D eigenvalue weighted by atomic mass is 10.1. The van der Waals surface area contributed by atoms with Crippen LogP contribution < -0.4 is 0 Å². The number of nitrogens with zero attached hydrogens (tertiary/aromatic N) is 4. The Morgan fingerprint density at radius 1 is 1.19 bits per heavy atom. The molecule has 0 bridgehead atoms. The van der Waals surface area contributed by atoms with Gasteiger partial charge in [-0.1, -0.05) is 12.8 Å². The highest BCUT2D eigenvalue weighted by Gasteiger charge is 2.27. The van der Waals surface area contributed by atoms with E-state index in [2.05, 4.69) is 25.5 Å². The van der Waals surface area contributed by atoms with Gasteiger partial charge in [0.2, 0.25) is 0 Å². The smallest absolute Gasteiger partial charge is 0.101 e. The van der Waals surface area contributed by atoms with Crippen LogP contribution in [0.2, 0.25) is 0 Å². The third-order valence-electron chi connectivity index (χ3n) is 4.74. The molecule has 2 fully saturated rings. The molecule has 1 unspecified atom stereocenters. The van der Waals surface area contributed by atoms with Crippen molar-refractivity contribution in [1.82, 2.24) is 19.3 Å². The SMILES string of the molecule is OC(Cc1ccn(C2CCCC2)n1)c1cncn1C1CC1. The van der Waals surface area contributed by atoms with Crippen LogP contribution in [0.25, 0.3) is 0 Å². The maximum absolute atomic E-state index is 10.5. The van der Waals surface area contributed by atoms with E-state index in [0.717, 1.165) is 11.4 Å². The Balaban J connectivity index is 1.46. The predicted octanol–water partition coefficient (Wildman–Crippen LogP) is 2.81. The standard InChI is InChI=1S/C16H22N4O/c21-16(15-10-17-11-19(15)13-5-6-13)9-12-7-8-20(18-12)14-3-1-2-4-14/h7-8,10-11,13-14,16,21H,1-6,9H2. The summed E-state index contributed by atoms with van der Waals surface area (Å²) in [5.41, 5.74) is 1.89. The number of hydrogen-bond donors (Lipinski definition) is 1. The molecule has 0 spiro atoms. The summed E-state index contributed by atoms with van der Waals surface area (Å²) in [7, 11) is 0.